The lowest BCUT2D eigenvalue weighted by Gasteiger charge is -2.20. The molecule has 3 aromatic rings. The van der Waals surface area contributed by atoms with Crippen LogP contribution in [-0.4, -0.2) is 80.1 Å². The van der Waals surface area contributed by atoms with E-state index < -0.39 is 12.1 Å². The highest BCUT2D eigenvalue weighted by Gasteiger charge is 2.18. The second-order valence-electron chi connectivity index (χ2n) is 8.29. The van der Waals surface area contributed by atoms with E-state index in [0.29, 0.717) is 49.6 Å². The van der Waals surface area contributed by atoms with Crippen LogP contribution in [0.4, 0.5) is 11.9 Å². The number of carboxylic acids is 1. The first-order valence-corrected chi connectivity index (χ1v) is 11.8. The van der Waals surface area contributed by atoms with Gasteiger partial charge in [-0.3, -0.25) is 0 Å². The van der Waals surface area contributed by atoms with Crippen LogP contribution in [0.5, 0.6) is 23.3 Å². The van der Waals surface area contributed by atoms with Crippen LogP contribution in [0.15, 0.2) is 48.5 Å². The molecule has 0 spiro atoms. The molecular weight excluding hydrogens is 478 g/mol. The molecule has 37 heavy (non-hydrogen) atoms. The van der Waals surface area contributed by atoms with Gasteiger partial charge in [0, 0.05) is 34.2 Å². The molecule has 11 heteroatoms. The number of methoxy groups -OCH3 is 1. The van der Waals surface area contributed by atoms with Crippen LogP contribution < -0.4 is 24.0 Å². The minimum absolute atomic E-state index is 0.175. The van der Waals surface area contributed by atoms with Crippen molar-refractivity contribution < 1.29 is 28.8 Å². The molecule has 1 unspecified atom stereocenters. The molecule has 1 atom stereocenters. The Balaban J connectivity index is 1.60. The summed E-state index contributed by atoms with van der Waals surface area (Å²) in [5.74, 6) is 1.91. The third-order valence-corrected chi connectivity index (χ3v) is 5.28. The fourth-order valence-electron chi connectivity index (χ4n) is 3.26. The predicted molar refractivity (Wildman–Crippen MR) is 139 cm³/mol. The second-order valence-corrected chi connectivity index (χ2v) is 8.29. The summed E-state index contributed by atoms with van der Waals surface area (Å²) >= 11 is 0. The summed E-state index contributed by atoms with van der Waals surface area (Å²) in [4.78, 5) is 28.3. The van der Waals surface area contributed by atoms with Crippen LogP contribution in [0.2, 0.25) is 0 Å². The number of nitrogens with zero attached hydrogens (tertiary/aromatic N) is 5. The maximum Gasteiger partial charge on any atom is 0.333 e. The van der Waals surface area contributed by atoms with Crippen LogP contribution >= 0.6 is 0 Å². The highest BCUT2D eigenvalue weighted by Crippen LogP contribution is 2.24. The van der Waals surface area contributed by atoms with Gasteiger partial charge < -0.3 is 33.9 Å². The van der Waals surface area contributed by atoms with Crippen LogP contribution in [-0.2, 0) is 16.0 Å². The van der Waals surface area contributed by atoms with Crippen molar-refractivity contribution in [2.75, 3.05) is 57.8 Å². The van der Waals surface area contributed by atoms with Gasteiger partial charge in [-0.25, -0.2) is 4.79 Å². The Bertz CT molecular complexity index is 1140. The number of carboxylic acid groups (broad SMARTS) is 1. The van der Waals surface area contributed by atoms with E-state index in [2.05, 4.69) is 15.0 Å². The zero-order valence-electron chi connectivity index (χ0n) is 21.7. The number of aliphatic carboxylic acids is 1. The number of hydrogen-bond acceptors (Lipinski definition) is 10. The summed E-state index contributed by atoms with van der Waals surface area (Å²) < 4.78 is 22.2. The summed E-state index contributed by atoms with van der Waals surface area (Å²) in [6, 6.07) is 14.6. The van der Waals surface area contributed by atoms with E-state index in [9.17, 15) is 9.90 Å². The van der Waals surface area contributed by atoms with Crippen molar-refractivity contribution in [3.8, 4) is 23.3 Å². The summed E-state index contributed by atoms with van der Waals surface area (Å²) in [6.07, 6.45) is -0.572. The van der Waals surface area contributed by atoms with Crippen LogP contribution in [0.25, 0.3) is 0 Å². The molecule has 0 saturated heterocycles. The van der Waals surface area contributed by atoms with Gasteiger partial charge in [-0.2, -0.15) is 15.0 Å². The number of benzene rings is 2. The van der Waals surface area contributed by atoms with Crippen molar-refractivity contribution in [3.63, 3.8) is 0 Å². The smallest absolute Gasteiger partial charge is 0.333 e. The van der Waals surface area contributed by atoms with Gasteiger partial charge in [0.2, 0.25) is 11.9 Å². The van der Waals surface area contributed by atoms with Crippen molar-refractivity contribution in [2.24, 2.45) is 0 Å². The first-order chi connectivity index (χ1) is 17.8. The van der Waals surface area contributed by atoms with Crippen molar-refractivity contribution in [2.45, 2.75) is 19.4 Å². The van der Waals surface area contributed by atoms with Gasteiger partial charge in [0.15, 0.2) is 6.10 Å². The van der Waals surface area contributed by atoms with E-state index in [1.807, 2.05) is 50.3 Å². The summed E-state index contributed by atoms with van der Waals surface area (Å²) in [5.41, 5.74) is 0.858. The Kier molecular flexibility index (Phi) is 9.84. The summed E-state index contributed by atoms with van der Waals surface area (Å²) in [6.45, 7) is 3.01. The van der Waals surface area contributed by atoms with E-state index in [4.69, 9.17) is 18.9 Å². The monoisotopic (exact) mass is 511 g/mol. The standard InChI is InChI=1S/C26H33N5O6/c1-6-35-22(23(32)33)17-18-7-9-20(10-8-18)36-16-15-31(4)25-27-24(30(2)3)28-26(29-25)37-21-13-11-19(34-5)12-14-21/h7-14,22H,6,15-17H2,1-5H3,(H,32,33). The van der Waals surface area contributed by atoms with Crippen molar-refractivity contribution in [1.82, 2.24) is 15.0 Å². The van der Waals surface area contributed by atoms with Crippen LogP contribution in [0, 0.1) is 0 Å². The summed E-state index contributed by atoms with van der Waals surface area (Å²) in [5, 5.41) is 9.26. The number of likely N-dealkylation sites (N-methyl/N-ethyl adjacent to an activating group) is 1. The Labute approximate surface area is 216 Å². The Hall–Kier alpha value is -4.12. The quantitative estimate of drug-likeness (QED) is 0.343. The predicted octanol–water partition coefficient (Wildman–Crippen LogP) is 3.29. The van der Waals surface area contributed by atoms with Gasteiger partial charge in [0.25, 0.3) is 0 Å². The molecule has 0 aliphatic heterocycles. The molecule has 0 fully saturated rings. The van der Waals surface area contributed by atoms with E-state index in [0.717, 1.165) is 11.3 Å². The fraction of sp³-hybridized carbons (Fsp3) is 0.385. The second kappa shape index (κ2) is 13.3. The minimum atomic E-state index is -0.974. The third kappa shape index (κ3) is 8.21. The van der Waals surface area contributed by atoms with E-state index in [1.54, 1.807) is 43.2 Å². The first-order valence-electron chi connectivity index (χ1n) is 11.8. The Morgan fingerprint density at radius 2 is 1.54 bits per heavy atom. The van der Waals surface area contributed by atoms with Crippen molar-refractivity contribution in [3.05, 3.63) is 54.1 Å². The molecule has 3 rings (SSSR count). The van der Waals surface area contributed by atoms with Crippen molar-refractivity contribution >= 4 is 17.9 Å². The summed E-state index contributed by atoms with van der Waals surface area (Å²) in [7, 11) is 7.15. The van der Waals surface area contributed by atoms with E-state index in [-0.39, 0.29) is 6.01 Å². The highest BCUT2D eigenvalue weighted by molar-refractivity contribution is 5.72. The highest BCUT2D eigenvalue weighted by atomic mass is 16.5. The molecule has 198 valence electrons. The molecule has 1 N–H and O–H groups in total. The lowest BCUT2D eigenvalue weighted by molar-refractivity contribution is -0.149. The number of hydrogen-bond donors (Lipinski definition) is 1. The van der Waals surface area contributed by atoms with Gasteiger partial charge in [-0.15, -0.1) is 0 Å². The van der Waals surface area contributed by atoms with Crippen molar-refractivity contribution in [1.29, 1.82) is 0 Å². The number of ether oxygens (including phenoxy) is 4. The zero-order valence-corrected chi connectivity index (χ0v) is 21.7. The van der Waals surface area contributed by atoms with Crippen LogP contribution in [0.1, 0.15) is 12.5 Å². The largest absolute Gasteiger partial charge is 0.497 e. The molecule has 0 amide bonds. The Morgan fingerprint density at radius 3 is 2.14 bits per heavy atom. The van der Waals surface area contributed by atoms with E-state index in [1.165, 1.54) is 0 Å². The lowest BCUT2D eigenvalue weighted by Crippen LogP contribution is -2.27. The minimum Gasteiger partial charge on any atom is -0.497 e. The molecule has 0 aliphatic rings. The molecule has 1 aromatic heterocycles. The van der Waals surface area contributed by atoms with Crippen LogP contribution in [0.3, 0.4) is 0 Å². The normalized spacial score (nSPS) is 11.5. The maximum absolute atomic E-state index is 11.3. The number of aromatic nitrogens is 3. The third-order valence-electron chi connectivity index (χ3n) is 5.28. The fourth-order valence-corrected chi connectivity index (χ4v) is 3.26. The van der Waals surface area contributed by atoms with Gasteiger partial charge in [0.1, 0.15) is 23.9 Å². The Morgan fingerprint density at radius 1 is 0.919 bits per heavy atom. The van der Waals surface area contributed by atoms with Gasteiger partial charge in [-0.05, 0) is 48.9 Å². The molecule has 0 bridgehead atoms. The zero-order chi connectivity index (χ0) is 26.8. The number of anilines is 2. The number of rotatable bonds is 14. The number of carbonyl (C=O) groups is 1. The molecule has 11 nitrogen and oxygen atoms in total. The molecule has 1 heterocycles. The van der Waals surface area contributed by atoms with Gasteiger partial charge >= 0.3 is 12.0 Å². The van der Waals surface area contributed by atoms with Gasteiger partial charge in [0.05, 0.1) is 13.7 Å². The molecule has 0 radical (unpaired) electrons. The lowest BCUT2D eigenvalue weighted by atomic mass is 10.1. The SMILES string of the molecule is CCOC(Cc1ccc(OCCN(C)c2nc(Oc3ccc(OC)cc3)nc(N(C)C)n2)cc1)C(=O)O. The van der Waals surface area contributed by atoms with E-state index >= 15 is 0 Å². The van der Waals surface area contributed by atoms with Gasteiger partial charge in [-0.1, -0.05) is 12.1 Å². The average molecular weight is 512 g/mol. The molecule has 0 aliphatic carbocycles. The molecule has 0 saturated carbocycles. The first kappa shape index (κ1) is 27.5. The maximum atomic E-state index is 11.3. The average Bonchev–Trinajstić information content (AvgIpc) is 2.89. The topological polar surface area (TPSA) is 119 Å². The molecular formula is C26H33N5O6. The molecule has 2 aromatic carbocycles.